The molecule has 3 aromatic rings. The number of amides is 1. The molecule has 1 amide bonds. The van der Waals surface area contributed by atoms with Crippen LogP contribution in [0.5, 0.6) is 0 Å². The normalized spacial score (nSPS) is 19.6. The van der Waals surface area contributed by atoms with Gasteiger partial charge in [-0.2, -0.15) is 0 Å². The SMILES string of the molecule is CCC(C)C(=O)N1Cc2nc(-c3c[nH]c4ccccc34)nc(N3CCOC[C@H]3C)c2C1. The van der Waals surface area contributed by atoms with Gasteiger partial charge < -0.3 is 19.5 Å². The molecule has 0 aliphatic carbocycles. The molecule has 2 atom stereocenters. The van der Waals surface area contributed by atoms with Crippen molar-refractivity contribution >= 4 is 22.6 Å². The van der Waals surface area contributed by atoms with Crippen LogP contribution in [0, 0.1) is 5.92 Å². The molecular weight excluding hydrogens is 390 g/mol. The second-order valence-electron chi connectivity index (χ2n) is 8.66. The lowest BCUT2D eigenvalue weighted by molar-refractivity contribution is -0.135. The number of rotatable bonds is 4. The van der Waals surface area contributed by atoms with E-state index in [-0.39, 0.29) is 17.9 Å². The summed E-state index contributed by atoms with van der Waals surface area (Å²) in [6.45, 7) is 9.49. The van der Waals surface area contributed by atoms with Crippen molar-refractivity contribution in [3.8, 4) is 11.4 Å². The molecular formula is C24H29N5O2. The van der Waals surface area contributed by atoms with Crippen LogP contribution in [-0.4, -0.2) is 51.6 Å². The molecule has 0 radical (unpaired) electrons. The standard InChI is InChI=1S/C24H29N5O2/c1-4-15(2)24(30)28-12-19-21(13-28)26-22(18-11-25-20-8-6-5-7-17(18)20)27-23(19)29-9-10-31-14-16(29)3/h5-8,11,15-16,25H,4,9-10,12-14H2,1-3H3/t15?,16-/m1/s1. The number of hydrogen-bond acceptors (Lipinski definition) is 5. The number of para-hydroxylation sites is 1. The minimum Gasteiger partial charge on any atom is -0.377 e. The van der Waals surface area contributed by atoms with E-state index in [1.165, 1.54) is 0 Å². The van der Waals surface area contributed by atoms with Gasteiger partial charge >= 0.3 is 0 Å². The maximum absolute atomic E-state index is 12.9. The molecule has 1 unspecified atom stereocenters. The first-order valence-corrected chi connectivity index (χ1v) is 11.2. The van der Waals surface area contributed by atoms with Crippen LogP contribution in [0.1, 0.15) is 38.4 Å². The number of hydrogen-bond donors (Lipinski definition) is 1. The summed E-state index contributed by atoms with van der Waals surface area (Å²) in [5.74, 6) is 1.86. The lowest BCUT2D eigenvalue weighted by Gasteiger charge is -2.35. The Hall–Kier alpha value is -2.93. The Morgan fingerprint density at radius 3 is 2.94 bits per heavy atom. The van der Waals surface area contributed by atoms with E-state index in [0.29, 0.717) is 32.1 Å². The molecule has 1 saturated heterocycles. The van der Waals surface area contributed by atoms with Crippen LogP contribution < -0.4 is 4.90 Å². The number of benzene rings is 1. The maximum atomic E-state index is 12.9. The van der Waals surface area contributed by atoms with Gasteiger partial charge in [-0.25, -0.2) is 9.97 Å². The summed E-state index contributed by atoms with van der Waals surface area (Å²) in [5, 5.41) is 1.11. The molecule has 5 rings (SSSR count). The number of aromatic nitrogens is 3. The maximum Gasteiger partial charge on any atom is 0.226 e. The van der Waals surface area contributed by atoms with Gasteiger partial charge in [0.25, 0.3) is 0 Å². The van der Waals surface area contributed by atoms with E-state index in [1.54, 1.807) is 0 Å². The molecule has 31 heavy (non-hydrogen) atoms. The van der Waals surface area contributed by atoms with Gasteiger partial charge in [-0.05, 0) is 19.4 Å². The summed E-state index contributed by atoms with van der Waals surface area (Å²) in [6.07, 6.45) is 2.82. The van der Waals surface area contributed by atoms with Crippen molar-refractivity contribution in [2.75, 3.05) is 24.7 Å². The van der Waals surface area contributed by atoms with Crippen LogP contribution in [0.4, 0.5) is 5.82 Å². The van der Waals surface area contributed by atoms with Gasteiger partial charge in [0, 0.05) is 40.7 Å². The number of carbonyl (C=O) groups is 1. The van der Waals surface area contributed by atoms with Crippen LogP contribution in [0.15, 0.2) is 30.5 Å². The average molecular weight is 420 g/mol. The molecule has 1 N–H and O–H groups in total. The monoisotopic (exact) mass is 419 g/mol. The molecule has 2 aromatic heterocycles. The fourth-order valence-corrected chi connectivity index (χ4v) is 4.54. The first-order valence-electron chi connectivity index (χ1n) is 11.2. The number of nitrogens with one attached hydrogen (secondary N) is 1. The van der Waals surface area contributed by atoms with Crippen LogP contribution in [0.2, 0.25) is 0 Å². The molecule has 7 nitrogen and oxygen atoms in total. The predicted octanol–water partition coefficient (Wildman–Crippen LogP) is 3.74. The minimum absolute atomic E-state index is 0.0149. The number of carbonyl (C=O) groups excluding carboxylic acids is 1. The van der Waals surface area contributed by atoms with Crippen molar-refractivity contribution in [2.45, 2.75) is 46.3 Å². The lowest BCUT2D eigenvalue weighted by Crippen LogP contribution is -2.44. The second kappa shape index (κ2) is 7.96. The van der Waals surface area contributed by atoms with Crippen molar-refractivity contribution in [2.24, 2.45) is 5.92 Å². The Bertz CT molecular complexity index is 1120. The first-order chi connectivity index (χ1) is 15.1. The van der Waals surface area contributed by atoms with E-state index in [1.807, 2.05) is 30.2 Å². The summed E-state index contributed by atoms with van der Waals surface area (Å²) < 4.78 is 5.66. The van der Waals surface area contributed by atoms with Crippen molar-refractivity contribution in [1.82, 2.24) is 19.9 Å². The third-order valence-electron chi connectivity index (χ3n) is 6.58. The Kier molecular flexibility index (Phi) is 5.14. The van der Waals surface area contributed by atoms with Gasteiger partial charge in [-0.3, -0.25) is 4.79 Å². The molecule has 0 saturated carbocycles. The van der Waals surface area contributed by atoms with Crippen molar-refractivity contribution in [3.63, 3.8) is 0 Å². The summed E-state index contributed by atoms with van der Waals surface area (Å²) in [4.78, 5) is 30.5. The van der Waals surface area contributed by atoms with E-state index < -0.39 is 0 Å². The highest BCUT2D eigenvalue weighted by atomic mass is 16.5. The molecule has 2 aliphatic rings. The summed E-state index contributed by atoms with van der Waals surface area (Å²) in [7, 11) is 0. The van der Waals surface area contributed by atoms with E-state index in [0.717, 1.165) is 46.5 Å². The van der Waals surface area contributed by atoms with E-state index in [9.17, 15) is 4.79 Å². The van der Waals surface area contributed by atoms with Crippen molar-refractivity contribution < 1.29 is 9.53 Å². The minimum atomic E-state index is 0.0149. The fourth-order valence-electron chi connectivity index (χ4n) is 4.54. The molecule has 162 valence electrons. The van der Waals surface area contributed by atoms with Crippen LogP contribution in [0.25, 0.3) is 22.3 Å². The highest BCUT2D eigenvalue weighted by molar-refractivity contribution is 5.94. The summed E-state index contributed by atoms with van der Waals surface area (Å²) in [6, 6.07) is 8.43. The summed E-state index contributed by atoms with van der Waals surface area (Å²) >= 11 is 0. The fraction of sp³-hybridized carbons (Fsp3) is 0.458. The van der Waals surface area contributed by atoms with Gasteiger partial charge in [0.15, 0.2) is 5.82 Å². The average Bonchev–Trinajstić information content (AvgIpc) is 3.42. The highest BCUT2D eigenvalue weighted by Crippen LogP contribution is 2.35. The third kappa shape index (κ3) is 3.47. The van der Waals surface area contributed by atoms with E-state index in [2.05, 4.69) is 35.9 Å². The predicted molar refractivity (Wildman–Crippen MR) is 121 cm³/mol. The second-order valence-corrected chi connectivity index (χ2v) is 8.66. The number of nitrogens with zero attached hydrogens (tertiary/aromatic N) is 4. The Labute approximate surface area is 182 Å². The molecule has 2 aliphatic heterocycles. The van der Waals surface area contributed by atoms with Gasteiger partial charge in [-0.1, -0.05) is 32.0 Å². The zero-order chi connectivity index (χ0) is 21.5. The van der Waals surface area contributed by atoms with Crippen LogP contribution in [-0.2, 0) is 22.6 Å². The van der Waals surface area contributed by atoms with Crippen molar-refractivity contribution in [3.05, 3.63) is 41.7 Å². The molecule has 7 heteroatoms. The molecule has 4 heterocycles. The topological polar surface area (TPSA) is 74.4 Å². The van der Waals surface area contributed by atoms with Crippen LogP contribution in [0.3, 0.4) is 0 Å². The largest absolute Gasteiger partial charge is 0.377 e. The van der Waals surface area contributed by atoms with Gasteiger partial charge in [-0.15, -0.1) is 0 Å². The number of aromatic amines is 1. The number of ether oxygens (including phenoxy) is 1. The van der Waals surface area contributed by atoms with E-state index in [4.69, 9.17) is 14.7 Å². The number of H-pyrrole nitrogens is 1. The number of anilines is 1. The molecule has 0 spiro atoms. The summed E-state index contributed by atoms with van der Waals surface area (Å²) in [5.41, 5.74) is 4.10. The Balaban J connectivity index is 1.61. The van der Waals surface area contributed by atoms with Crippen molar-refractivity contribution in [1.29, 1.82) is 0 Å². The number of fused-ring (bicyclic) bond motifs is 2. The van der Waals surface area contributed by atoms with Gasteiger partial charge in [0.1, 0.15) is 5.82 Å². The van der Waals surface area contributed by atoms with E-state index >= 15 is 0 Å². The smallest absolute Gasteiger partial charge is 0.226 e. The van der Waals surface area contributed by atoms with Gasteiger partial charge in [0.2, 0.25) is 5.91 Å². The highest BCUT2D eigenvalue weighted by Gasteiger charge is 2.33. The zero-order valence-corrected chi connectivity index (χ0v) is 18.4. The molecule has 1 fully saturated rings. The third-order valence-corrected chi connectivity index (χ3v) is 6.58. The zero-order valence-electron chi connectivity index (χ0n) is 18.4. The quantitative estimate of drug-likeness (QED) is 0.697. The first kappa shape index (κ1) is 20.0. The molecule has 0 bridgehead atoms. The van der Waals surface area contributed by atoms with Crippen LogP contribution >= 0.6 is 0 Å². The lowest BCUT2D eigenvalue weighted by atomic mass is 10.1. The molecule has 1 aromatic carbocycles. The Morgan fingerprint density at radius 1 is 1.29 bits per heavy atom. The number of morpholine rings is 1. The Morgan fingerprint density at radius 2 is 2.13 bits per heavy atom. The van der Waals surface area contributed by atoms with Gasteiger partial charge in [0.05, 0.1) is 38.0 Å².